The Kier molecular flexibility index (Phi) is 5.58. The van der Waals surface area contributed by atoms with Crippen LogP contribution in [0.5, 0.6) is 5.75 Å². The number of hydrogen-bond donors (Lipinski definition) is 1. The summed E-state index contributed by atoms with van der Waals surface area (Å²) >= 11 is 0. The van der Waals surface area contributed by atoms with Gasteiger partial charge in [-0.2, -0.15) is 0 Å². The Morgan fingerprint density at radius 3 is 2.52 bits per heavy atom. The predicted molar refractivity (Wildman–Crippen MR) is 120 cm³/mol. The number of ether oxygens (including phenoxy) is 1. The largest absolute Gasteiger partial charge is 0.490 e. The van der Waals surface area contributed by atoms with Crippen LogP contribution < -0.4 is 10.1 Å². The summed E-state index contributed by atoms with van der Waals surface area (Å²) < 4.78 is 32.0. The fraction of sp³-hybridized carbons (Fsp3) is 0.609. The van der Waals surface area contributed by atoms with Gasteiger partial charge in [0.15, 0.2) is 9.84 Å². The van der Waals surface area contributed by atoms with E-state index in [2.05, 4.69) is 34.3 Å². The molecule has 1 aromatic carbocycles. The molecule has 0 bridgehead atoms. The number of urea groups is 1. The number of carbonyl (C=O) groups excluding carboxylic acids is 1. The molecule has 3 aliphatic rings. The molecule has 2 saturated heterocycles. The van der Waals surface area contributed by atoms with E-state index in [1.807, 2.05) is 6.07 Å². The minimum Gasteiger partial charge on any atom is -0.490 e. The lowest BCUT2D eigenvalue weighted by Gasteiger charge is -2.33. The molecule has 1 aromatic heterocycles. The summed E-state index contributed by atoms with van der Waals surface area (Å²) in [6.45, 7) is 1.24. The molecule has 2 amide bonds. The smallest absolute Gasteiger partial charge is 0.317 e. The Morgan fingerprint density at radius 1 is 1.03 bits per heavy atom. The maximum atomic E-state index is 12.5. The lowest BCUT2D eigenvalue weighted by atomic mass is 10.1. The molecular weight excluding hydrogens is 414 g/mol. The summed E-state index contributed by atoms with van der Waals surface area (Å²) in [5.74, 6) is 1.15. The van der Waals surface area contributed by atoms with E-state index in [4.69, 9.17) is 4.74 Å². The molecule has 1 N–H and O–H groups in total. The van der Waals surface area contributed by atoms with Gasteiger partial charge in [-0.25, -0.2) is 13.2 Å². The summed E-state index contributed by atoms with van der Waals surface area (Å²) in [6, 6.07) is 8.65. The third-order valence-electron chi connectivity index (χ3n) is 7.02. The van der Waals surface area contributed by atoms with Crippen LogP contribution >= 0.6 is 0 Å². The van der Waals surface area contributed by atoms with Gasteiger partial charge in [-0.15, -0.1) is 0 Å². The number of benzene rings is 1. The summed E-state index contributed by atoms with van der Waals surface area (Å²) in [6.07, 6.45) is 9.46. The number of hydrogen-bond acceptors (Lipinski definition) is 4. The Bertz CT molecular complexity index is 1050. The molecule has 8 heteroatoms. The molecule has 7 nitrogen and oxygen atoms in total. The molecule has 2 aromatic rings. The Labute approximate surface area is 183 Å². The van der Waals surface area contributed by atoms with E-state index in [0.717, 1.165) is 24.0 Å². The first-order chi connectivity index (χ1) is 15.0. The number of carbonyl (C=O) groups is 1. The van der Waals surface area contributed by atoms with Gasteiger partial charge in [-0.1, -0.05) is 18.9 Å². The summed E-state index contributed by atoms with van der Waals surface area (Å²) in [5.41, 5.74) is 1.24. The third kappa shape index (κ3) is 4.40. The molecule has 1 atom stereocenters. The predicted octanol–water partition coefficient (Wildman–Crippen LogP) is 3.50. The first kappa shape index (κ1) is 20.7. The molecule has 31 heavy (non-hydrogen) atoms. The van der Waals surface area contributed by atoms with Crippen molar-refractivity contribution in [3.05, 3.63) is 30.5 Å². The minimum absolute atomic E-state index is 0.0584. The Balaban J connectivity index is 1.18. The molecule has 3 fully saturated rings. The molecule has 1 unspecified atom stereocenters. The van der Waals surface area contributed by atoms with E-state index in [0.29, 0.717) is 25.6 Å². The summed E-state index contributed by atoms with van der Waals surface area (Å²) in [4.78, 5) is 14.3. The van der Waals surface area contributed by atoms with Gasteiger partial charge in [0.2, 0.25) is 0 Å². The number of rotatable bonds is 4. The minimum atomic E-state index is -2.99. The van der Waals surface area contributed by atoms with E-state index in [-0.39, 0.29) is 29.7 Å². The molecule has 168 valence electrons. The van der Waals surface area contributed by atoms with E-state index in [1.165, 1.54) is 31.2 Å². The second-order valence-corrected chi connectivity index (χ2v) is 11.4. The van der Waals surface area contributed by atoms with Crippen molar-refractivity contribution in [2.24, 2.45) is 0 Å². The van der Waals surface area contributed by atoms with Crippen LogP contribution in [0.15, 0.2) is 30.5 Å². The van der Waals surface area contributed by atoms with Gasteiger partial charge in [-0.05, 0) is 37.5 Å². The zero-order valence-electron chi connectivity index (χ0n) is 17.8. The highest BCUT2D eigenvalue weighted by Crippen LogP contribution is 2.36. The second-order valence-electron chi connectivity index (χ2n) is 9.20. The van der Waals surface area contributed by atoms with Gasteiger partial charge in [0, 0.05) is 49.6 Å². The van der Waals surface area contributed by atoms with Crippen LogP contribution in [0.3, 0.4) is 0 Å². The van der Waals surface area contributed by atoms with Crippen molar-refractivity contribution in [2.75, 3.05) is 24.6 Å². The Morgan fingerprint density at radius 2 is 1.81 bits per heavy atom. The highest BCUT2D eigenvalue weighted by atomic mass is 32.2. The number of likely N-dealkylation sites (tertiary alicyclic amines) is 1. The van der Waals surface area contributed by atoms with Crippen molar-refractivity contribution in [1.82, 2.24) is 14.8 Å². The van der Waals surface area contributed by atoms with E-state index in [9.17, 15) is 13.2 Å². The highest BCUT2D eigenvalue weighted by Gasteiger charge is 2.31. The normalized spacial score (nSPS) is 24.6. The number of nitrogens with one attached hydrogen (secondary N) is 1. The van der Waals surface area contributed by atoms with Gasteiger partial charge < -0.3 is 19.5 Å². The van der Waals surface area contributed by atoms with Gasteiger partial charge in [0.1, 0.15) is 11.9 Å². The lowest BCUT2D eigenvalue weighted by molar-refractivity contribution is 0.111. The number of amides is 2. The second kappa shape index (κ2) is 8.37. The summed E-state index contributed by atoms with van der Waals surface area (Å²) in [7, 11) is -2.99. The van der Waals surface area contributed by atoms with Crippen LogP contribution in [0.1, 0.15) is 51.0 Å². The number of sulfone groups is 1. The average Bonchev–Trinajstić information content (AvgIpc) is 3.48. The van der Waals surface area contributed by atoms with Gasteiger partial charge in [0.05, 0.1) is 17.0 Å². The fourth-order valence-electron chi connectivity index (χ4n) is 5.29. The molecule has 3 heterocycles. The fourth-order valence-corrected chi connectivity index (χ4v) is 6.97. The molecule has 5 rings (SSSR count). The zero-order valence-corrected chi connectivity index (χ0v) is 18.6. The van der Waals surface area contributed by atoms with Crippen molar-refractivity contribution in [3.63, 3.8) is 0 Å². The molecule has 0 spiro atoms. The average molecular weight is 446 g/mol. The van der Waals surface area contributed by atoms with E-state index < -0.39 is 9.84 Å². The van der Waals surface area contributed by atoms with Crippen molar-refractivity contribution < 1.29 is 17.9 Å². The maximum absolute atomic E-state index is 12.5. The topological polar surface area (TPSA) is 80.6 Å². The number of aromatic nitrogens is 1. The first-order valence-corrected chi connectivity index (χ1v) is 13.3. The van der Waals surface area contributed by atoms with Gasteiger partial charge >= 0.3 is 6.03 Å². The quantitative estimate of drug-likeness (QED) is 0.781. The molecule has 1 saturated carbocycles. The Hall–Kier alpha value is -2.22. The summed E-state index contributed by atoms with van der Waals surface area (Å²) in [5, 5.41) is 4.05. The van der Waals surface area contributed by atoms with Crippen LogP contribution in [-0.4, -0.2) is 60.7 Å². The van der Waals surface area contributed by atoms with E-state index in [1.54, 1.807) is 4.90 Å². The van der Waals surface area contributed by atoms with Crippen LogP contribution in [0.4, 0.5) is 4.79 Å². The third-order valence-corrected chi connectivity index (χ3v) is 8.79. The van der Waals surface area contributed by atoms with Gasteiger partial charge in [0.25, 0.3) is 0 Å². The standard InChI is InChI=1S/C23H31N3O4S/c27-23(24-17-11-15-31(28,29)16-17)25-12-8-19(9-13-25)30-22-7-3-6-21-20(22)10-14-26(21)18-4-1-2-5-18/h3,6-7,10,14,17-19H,1-2,4-5,8-9,11-13,15-16H2,(H,24,27). The van der Waals surface area contributed by atoms with Crippen LogP contribution in [0.25, 0.3) is 10.9 Å². The molecule has 2 aliphatic heterocycles. The van der Waals surface area contributed by atoms with Crippen LogP contribution in [0.2, 0.25) is 0 Å². The number of fused-ring (bicyclic) bond motifs is 1. The lowest BCUT2D eigenvalue weighted by Crippen LogP contribution is -2.49. The van der Waals surface area contributed by atoms with Crippen molar-refractivity contribution in [2.45, 2.75) is 63.1 Å². The monoisotopic (exact) mass is 445 g/mol. The van der Waals surface area contributed by atoms with E-state index >= 15 is 0 Å². The van der Waals surface area contributed by atoms with Crippen LogP contribution in [0, 0.1) is 0 Å². The van der Waals surface area contributed by atoms with Crippen molar-refractivity contribution in [1.29, 1.82) is 0 Å². The molecule has 1 aliphatic carbocycles. The van der Waals surface area contributed by atoms with Gasteiger partial charge in [-0.3, -0.25) is 0 Å². The number of nitrogens with zero attached hydrogens (tertiary/aromatic N) is 2. The maximum Gasteiger partial charge on any atom is 0.317 e. The zero-order chi connectivity index (χ0) is 21.4. The highest BCUT2D eigenvalue weighted by molar-refractivity contribution is 7.91. The van der Waals surface area contributed by atoms with Crippen LogP contribution in [-0.2, 0) is 9.84 Å². The molecule has 0 radical (unpaired) electrons. The number of piperidine rings is 1. The SMILES string of the molecule is O=C(NC1CCS(=O)(=O)C1)N1CCC(Oc2cccc3c2ccn3C2CCCC2)CC1. The first-order valence-electron chi connectivity index (χ1n) is 11.5. The molecular formula is C23H31N3O4S. The van der Waals surface area contributed by atoms with Crippen molar-refractivity contribution in [3.8, 4) is 5.75 Å². The van der Waals surface area contributed by atoms with Crippen molar-refractivity contribution >= 4 is 26.8 Å².